The molecule has 3 aromatic rings. The van der Waals surface area contributed by atoms with E-state index in [4.69, 9.17) is 0 Å². The van der Waals surface area contributed by atoms with Gasteiger partial charge in [0.15, 0.2) is 5.82 Å². The molecular formula is C20H22N6O4S. The van der Waals surface area contributed by atoms with Crippen LogP contribution < -0.4 is 15.4 Å². The number of pyridine rings is 1. The van der Waals surface area contributed by atoms with Gasteiger partial charge < -0.3 is 10.6 Å². The van der Waals surface area contributed by atoms with Gasteiger partial charge in [-0.1, -0.05) is 6.07 Å². The summed E-state index contributed by atoms with van der Waals surface area (Å²) < 4.78 is 29.1. The number of aromatic nitrogens is 3. The maximum Gasteiger partial charge on any atom is 0.241 e. The van der Waals surface area contributed by atoms with Crippen LogP contribution in [0.2, 0.25) is 0 Å². The molecule has 1 atom stereocenters. The van der Waals surface area contributed by atoms with E-state index < -0.39 is 22.0 Å². The number of nitrogens with one attached hydrogen (secondary N) is 3. The van der Waals surface area contributed by atoms with Crippen molar-refractivity contribution in [2.45, 2.75) is 31.3 Å². The zero-order valence-electron chi connectivity index (χ0n) is 16.9. The first-order valence-corrected chi connectivity index (χ1v) is 10.9. The summed E-state index contributed by atoms with van der Waals surface area (Å²) >= 11 is 0. The molecule has 0 aliphatic carbocycles. The molecule has 3 N–H and O–H groups in total. The summed E-state index contributed by atoms with van der Waals surface area (Å²) in [5, 5.41) is 9.41. The number of sulfonamides is 1. The van der Waals surface area contributed by atoms with Crippen molar-refractivity contribution in [3.8, 4) is 5.82 Å². The highest BCUT2D eigenvalue weighted by atomic mass is 32.2. The molecule has 0 saturated heterocycles. The molecule has 0 bridgehead atoms. The lowest BCUT2D eigenvalue weighted by Gasteiger charge is -2.15. The van der Waals surface area contributed by atoms with Gasteiger partial charge in [-0.25, -0.2) is 18.1 Å². The van der Waals surface area contributed by atoms with Gasteiger partial charge in [0, 0.05) is 43.3 Å². The molecule has 3 rings (SSSR count). The van der Waals surface area contributed by atoms with Gasteiger partial charge >= 0.3 is 0 Å². The number of anilines is 1. The first-order valence-electron chi connectivity index (χ1n) is 9.38. The van der Waals surface area contributed by atoms with Gasteiger partial charge in [-0.15, -0.1) is 0 Å². The Hall–Kier alpha value is -3.57. The molecule has 0 saturated carbocycles. The lowest BCUT2D eigenvalue weighted by Crippen LogP contribution is -2.44. The van der Waals surface area contributed by atoms with E-state index >= 15 is 0 Å². The normalized spacial score (nSPS) is 12.2. The van der Waals surface area contributed by atoms with E-state index in [9.17, 15) is 18.0 Å². The molecular weight excluding hydrogens is 420 g/mol. The van der Waals surface area contributed by atoms with Gasteiger partial charge in [0.25, 0.3) is 0 Å². The van der Waals surface area contributed by atoms with Crippen molar-refractivity contribution in [2.24, 2.45) is 0 Å². The Balaban J connectivity index is 1.62. The van der Waals surface area contributed by atoms with Crippen LogP contribution in [-0.4, -0.2) is 41.0 Å². The van der Waals surface area contributed by atoms with Gasteiger partial charge in [0.1, 0.15) is 0 Å². The van der Waals surface area contributed by atoms with Gasteiger partial charge in [0.05, 0.1) is 10.9 Å². The SMILES string of the molecule is CC(=O)Nc1ccc(S(=O)(=O)N[C@@H](C)C(=O)NCc2cccnc2-n2cccn2)cc1. The van der Waals surface area contributed by atoms with Crippen molar-refractivity contribution >= 4 is 27.5 Å². The highest BCUT2D eigenvalue weighted by Gasteiger charge is 2.22. The highest BCUT2D eigenvalue weighted by Crippen LogP contribution is 2.15. The maximum absolute atomic E-state index is 12.6. The highest BCUT2D eigenvalue weighted by molar-refractivity contribution is 7.89. The zero-order valence-corrected chi connectivity index (χ0v) is 17.8. The molecule has 0 fully saturated rings. The second-order valence-corrected chi connectivity index (χ2v) is 8.42. The molecule has 2 heterocycles. The minimum Gasteiger partial charge on any atom is -0.351 e. The summed E-state index contributed by atoms with van der Waals surface area (Å²) in [5.74, 6) is -0.183. The summed E-state index contributed by atoms with van der Waals surface area (Å²) in [5.41, 5.74) is 1.20. The first-order chi connectivity index (χ1) is 14.8. The fraction of sp³-hybridized carbons (Fsp3) is 0.200. The van der Waals surface area contributed by atoms with Crippen LogP contribution in [0.25, 0.3) is 5.82 Å². The van der Waals surface area contributed by atoms with Crippen molar-refractivity contribution in [3.05, 3.63) is 66.6 Å². The fourth-order valence-electron chi connectivity index (χ4n) is 2.78. The molecule has 0 aliphatic rings. The van der Waals surface area contributed by atoms with Crippen molar-refractivity contribution < 1.29 is 18.0 Å². The molecule has 1 aromatic carbocycles. The van der Waals surface area contributed by atoms with Crippen molar-refractivity contribution in [1.29, 1.82) is 0 Å². The van der Waals surface area contributed by atoms with E-state index in [1.807, 2.05) is 0 Å². The fourth-order valence-corrected chi connectivity index (χ4v) is 3.98. The average Bonchev–Trinajstić information content (AvgIpc) is 3.26. The maximum atomic E-state index is 12.6. The second-order valence-electron chi connectivity index (χ2n) is 6.70. The summed E-state index contributed by atoms with van der Waals surface area (Å²) in [4.78, 5) is 27.8. The van der Waals surface area contributed by atoms with E-state index in [-0.39, 0.29) is 17.3 Å². The lowest BCUT2D eigenvalue weighted by molar-refractivity contribution is -0.122. The number of carbonyl (C=O) groups excluding carboxylic acids is 2. The quantitative estimate of drug-likeness (QED) is 0.480. The van der Waals surface area contributed by atoms with Crippen LogP contribution in [0.4, 0.5) is 5.69 Å². The Bertz CT molecular complexity index is 1160. The number of hydrogen-bond donors (Lipinski definition) is 3. The molecule has 0 aliphatic heterocycles. The summed E-state index contributed by atoms with van der Waals surface area (Å²) in [6.07, 6.45) is 4.98. The Morgan fingerprint density at radius 3 is 2.48 bits per heavy atom. The topological polar surface area (TPSA) is 135 Å². The van der Waals surface area contributed by atoms with Crippen LogP contribution in [-0.2, 0) is 26.2 Å². The second kappa shape index (κ2) is 9.49. The van der Waals surface area contributed by atoms with Crippen molar-refractivity contribution in [3.63, 3.8) is 0 Å². The monoisotopic (exact) mass is 442 g/mol. The minimum absolute atomic E-state index is 0.0190. The predicted molar refractivity (Wildman–Crippen MR) is 114 cm³/mol. The lowest BCUT2D eigenvalue weighted by atomic mass is 10.2. The number of amides is 2. The molecule has 2 amide bonds. The Morgan fingerprint density at radius 1 is 1.10 bits per heavy atom. The third-order valence-electron chi connectivity index (χ3n) is 4.25. The third-order valence-corrected chi connectivity index (χ3v) is 5.81. The van der Waals surface area contributed by atoms with Crippen LogP contribution in [0.1, 0.15) is 19.4 Å². The van der Waals surface area contributed by atoms with Gasteiger partial charge in [-0.2, -0.15) is 9.82 Å². The molecule has 162 valence electrons. The molecule has 0 unspecified atom stereocenters. The van der Waals surface area contributed by atoms with Crippen LogP contribution in [0.3, 0.4) is 0 Å². The Kier molecular flexibility index (Phi) is 6.78. The molecule has 10 nitrogen and oxygen atoms in total. The predicted octanol–water partition coefficient (Wildman–Crippen LogP) is 1.21. The summed E-state index contributed by atoms with van der Waals surface area (Å²) in [6, 6.07) is 9.94. The molecule has 11 heteroatoms. The molecule has 2 aromatic heterocycles. The van der Waals surface area contributed by atoms with E-state index in [0.717, 1.165) is 5.56 Å². The van der Waals surface area contributed by atoms with Gasteiger partial charge in [0.2, 0.25) is 21.8 Å². The van der Waals surface area contributed by atoms with E-state index in [1.54, 1.807) is 41.5 Å². The van der Waals surface area contributed by atoms with Crippen LogP contribution in [0.5, 0.6) is 0 Å². The smallest absolute Gasteiger partial charge is 0.241 e. The van der Waals surface area contributed by atoms with E-state index in [0.29, 0.717) is 11.5 Å². The van der Waals surface area contributed by atoms with Crippen molar-refractivity contribution in [2.75, 3.05) is 5.32 Å². The average molecular weight is 443 g/mol. The van der Waals surface area contributed by atoms with Crippen LogP contribution in [0, 0.1) is 0 Å². The largest absolute Gasteiger partial charge is 0.351 e. The molecule has 31 heavy (non-hydrogen) atoms. The van der Waals surface area contributed by atoms with Gasteiger partial charge in [-0.3, -0.25) is 9.59 Å². The number of rotatable bonds is 8. The zero-order chi connectivity index (χ0) is 22.4. The third kappa shape index (κ3) is 5.74. The Morgan fingerprint density at radius 2 is 1.84 bits per heavy atom. The number of benzene rings is 1. The Labute approximate surface area is 179 Å². The van der Waals surface area contributed by atoms with Gasteiger partial charge in [-0.05, 0) is 43.3 Å². The number of carbonyl (C=O) groups is 2. The van der Waals surface area contributed by atoms with Crippen LogP contribution in [0.15, 0.2) is 66.0 Å². The summed E-state index contributed by atoms with van der Waals surface area (Å²) in [7, 11) is -3.93. The number of nitrogens with zero attached hydrogens (tertiary/aromatic N) is 3. The van der Waals surface area contributed by atoms with E-state index in [2.05, 4.69) is 25.4 Å². The standard InChI is InChI=1S/C20H22N6O4S/c1-14(25-31(29,30)18-8-6-17(7-9-18)24-15(2)27)20(28)22-13-16-5-3-10-21-19(16)26-12-4-11-23-26/h3-12,14,25H,13H2,1-2H3,(H,22,28)(H,24,27)/t14-/m0/s1. The summed E-state index contributed by atoms with van der Waals surface area (Å²) in [6.45, 7) is 2.96. The van der Waals surface area contributed by atoms with Crippen molar-refractivity contribution in [1.82, 2.24) is 24.8 Å². The van der Waals surface area contributed by atoms with Crippen LogP contribution >= 0.6 is 0 Å². The first kappa shape index (κ1) is 22.1. The van der Waals surface area contributed by atoms with E-state index in [1.165, 1.54) is 38.1 Å². The molecule has 0 spiro atoms. The molecule has 0 radical (unpaired) electrons. The minimum atomic E-state index is -3.93. The number of hydrogen-bond acceptors (Lipinski definition) is 6.